The maximum absolute atomic E-state index is 11.4. The topological polar surface area (TPSA) is 26.3 Å². The van der Waals surface area contributed by atoms with E-state index in [1.54, 1.807) is 0 Å². The van der Waals surface area contributed by atoms with Crippen molar-refractivity contribution in [1.29, 1.82) is 0 Å². The van der Waals surface area contributed by atoms with E-state index in [2.05, 4.69) is 6.26 Å². The molecule has 3 heteroatoms. The highest BCUT2D eigenvalue weighted by atomic mass is 32.2. The normalized spacial score (nSPS) is 10.1. The SMILES string of the molecule is CCC(=O)c1ccc(OCCCSC)cc1. The van der Waals surface area contributed by atoms with Crippen molar-refractivity contribution in [3.05, 3.63) is 29.8 Å². The predicted octanol–water partition coefficient (Wildman–Crippen LogP) is 3.41. The molecule has 1 aromatic rings. The number of benzene rings is 1. The third-order valence-corrected chi connectivity index (χ3v) is 2.96. The fraction of sp³-hybridized carbons (Fsp3) is 0.462. The average Bonchev–Trinajstić information content (AvgIpc) is 2.34. The number of ether oxygens (including phenoxy) is 1. The van der Waals surface area contributed by atoms with Crippen molar-refractivity contribution in [1.82, 2.24) is 0 Å². The number of rotatable bonds is 7. The molecule has 0 aliphatic carbocycles. The van der Waals surface area contributed by atoms with Gasteiger partial charge in [0.25, 0.3) is 0 Å². The summed E-state index contributed by atoms with van der Waals surface area (Å²) in [4.78, 5) is 11.4. The lowest BCUT2D eigenvalue weighted by Crippen LogP contribution is -2.00. The Kier molecular flexibility index (Phi) is 6.01. The molecule has 0 bridgehead atoms. The minimum absolute atomic E-state index is 0.175. The van der Waals surface area contributed by atoms with Gasteiger partial charge in [0.2, 0.25) is 0 Å². The van der Waals surface area contributed by atoms with Crippen molar-refractivity contribution in [2.45, 2.75) is 19.8 Å². The lowest BCUT2D eigenvalue weighted by atomic mass is 10.1. The van der Waals surface area contributed by atoms with Gasteiger partial charge in [0, 0.05) is 12.0 Å². The van der Waals surface area contributed by atoms with E-state index >= 15 is 0 Å². The fourth-order valence-corrected chi connectivity index (χ4v) is 1.74. The molecule has 1 aromatic carbocycles. The number of hydrogen-bond acceptors (Lipinski definition) is 3. The number of ketones is 1. The van der Waals surface area contributed by atoms with Gasteiger partial charge in [-0.25, -0.2) is 0 Å². The van der Waals surface area contributed by atoms with Gasteiger partial charge in [-0.15, -0.1) is 0 Å². The van der Waals surface area contributed by atoms with Gasteiger partial charge in [0.1, 0.15) is 5.75 Å². The highest BCUT2D eigenvalue weighted by molar-refractivity contribution is 7.98. The highest BCUT2D eigenvalue weighted by Crippen LogP contribution is 2.13. The lowest BCUT2D eigenvalue weighted by molar-refractivity contribution is 0.0988. The predicted molar refractivity (Wildman–Crippen MR) is 69.6 cm³/mol. The van der Waals surface area contributed by atoms with Gasteiger partial charge in [-0.3, -0.25) is 4.79 Å². The molecule has 16 heavy (non-hydrogen) atoms. The molecule has 0 saturated carbocycles. The second kappa shape index (κ2) is 7.34. The quantitative estimate of drug-likeness (QED) is 0.538. The largest absolute Gasteiger partial charge is 0.494 e. The Labute approximate surface area is 101 Å². The zero-order chi connectivity index (χ0) is 11.8. The number of thioether (sulfide) groups is 1. The maximum Gasteiger partial charge on any atom is 0.162 e. The maximum atomic E-state index is 11.4. The molecule has 0 radical (unpaired) electrons. The Bertz CT molecular complexity index is 319. The van der Waals surface area contributed by atoms with Crippen LogP contribution in [0.2, 0.25) is 0 Å². The Morgan fingerprint density at radius 3 is 2.56 bits per heavy atom. The molecule has 0 fully saturated rings. The van der Waals surface area contributed by atoms with Gasteiger partial charge >= 0.3 is 0 Å². The van der Waals surface area contributed by atoms with Crippen LogP contribution in [-0.4, -0.2) is 24.4 Å². The molecule has 0 N–H and O–H groups in total. The minimum atomic E-state index is 0.175. The van der Waals surface area contributed by atoms with E-state index < -0.39 is 0 Å². The second-order valence-electron chi connectivity index (χ2n) is 3.50. The summed E-state index contributed by atoms with van der Waals surface area (Å²) < 4.78 is 5.55. The van der Waals surface area contributed by atoms with E-state index in [0.29, 0.717) is 6.42 Å². The van der Waals surface area contributed by atoms with Crippen LogP contribution < -0.4 is 4.74 Å². The van der Waals surface area contributed by atoms with E-state index in [0.717, 1.165) is 30.1 Å². The molecule has 0 heterocycles. The lowest BCUT2D eigenvalue weighted by Gasteiger charge is -2.06. The van der Waals surface area contributed by atoms with Gasteiger partial charge < -0.3 is 4.74 Å². The highest BCUT2D eigenvalue weighted by Gasteiger charge is 2.02. The third kappa shape index (κ3) is 4.27. The Hall–Kier alpha value is -0.960. The van der Waals surface area contributed by atoms with Crippen LogP contribution in [0.3, 0.4) is 0 Å². The Morgan fingerprint density at radius 2 is 2.00 bits per heavy atom. The number of Topliss-reactive ketones (excluding diaryl/α,β-unsaturated/α-hetero) is 1. The fourth-order valence-electron chi connectivity index (χ4n) is 1.33. The number of carbonyl (C=O) groups excluding carboxylic acids is 1. The molecule has 88 valence electrons. The van der Waals surface area contributed by atoms with E-state index in [-0.39, 0.29) is 5.78 Å². The van der Waals surface area contributed by atoms with Crippen LogP contribution in [0, 0.1) is 0 Å². The van der Waals surface area contributed by atoms with E-state index in [1.807, 2.05) is 43.0 Å². The van der Waals surface area contributed by atoms with Crippen LogP contribution in [0.5, 0.6) is 5.75 Å². The molecule has 0 aromatic heterocycles. The van der Waals surface area contributed by atoms with Gasteiger partial charge in [-0.05, 0) is 42.7 Å². The smallest absolute Gasteiger partial charge is 0.162 e. The minimum Gasteiger partial charge on any atom is -0.494 e. The summed E-state index contributed by atoms with van der Waals surface area (Å²) in [6.45, 7) is 2.61. The van der Waals surface area contributed by atoms with Crippen molar-refractivity contribution in [2.24, 2.45) is 0 Å². The average molecular weight is 238 g/mol. The zero-order valence-corrected chi connectivity index (χ0v) is 10.7. The van der Waals surface area contributed by atoms with Crippen LogP contribution in [0.4, 0.5) is 0 Å². The molecule has 2 nitrogen and oxygen atoms in total. The van der Waals surface area contributed by atoms with Gasteiger partial charge in [-0.2, -0.15) is 11.8 Å². The van der Waals surface area contributed by atoms with Crippen LogP contribution in [0.1, 0.15) is 30.1 Å². The summed E-state index contributed by atoms with van der Waals surface area (Å²) in [5, 5.41) is 0. The summed E-state index contributed by atoms with van der Waals surface area (Å²) in [6.07, 6.45) is 3.69. The Balaban J connectivity index is 2.42. The molecule has 1 rings (SSSR count). The van der Waals surface area contributed by atoms with Crippen molar-refractivity contribution >= 4 is 17.5 Å². The monoisotopic (exact) mass is 238 g/mol. The third-order valence-electron chi connectivity index (χ3n) is 2.26. The molecular weight excluding hydrogens is 220 g/mol. The summed E-state index contributed by atoms with van der Waals surface area (Å²) in [5.74, 6) is 2.13. The molecule has 0 aliphatic rings. The summed E-state index contributed by atoms with van der Waals surface area (Å²) in [7, 11) is 0. The van der Waals surface area contributed by atoms with E-state index in [4.69, 9.17) is 4.74 Å². The van der Waals surface area contributed by atoms with Crippen LogP contribution >= 0.6 is 11.8 Å². The van der Waals surface area contributed by atoms with Gasteiger partial charge in [0.05, 0.1) is 6.61 Å². The zero-order valence-electron chi connectivity index (χ0n) is 9.86. The molecule has 0 aliphatic heterocycles. The first kappa shape index (κ1) is 13.1. The number of hydrogen-bond donors (Lipinski definition) is 0. The summed E-state index contributed by atoms with van der Waals surface area (Å²) in [5.41, 5.74) is 0.763. The van der Waals surface area contributed by atoms with Crippen molar-refractivity contribution in [3.63, 3.8) is 0 Å². The molecule has 0 amide bonds. The molecule has 0 unspecified atom stereocenters. The van der Waals surface area contributed by atoms with Crippen LogP contribution in [0.25, 0.3) is 0 Å². The van der Waals surface area contributed by atoms with Crippen molar-refractivity contribution in [2.75, 3.05) is 18.6 Å². The van der Waals surface area contributed by atoms with Gasteiger partial charge in [0.15, 0.2) is 5.78 Å². The summed E-state index contributed by atoms with van der Waals surface area (Å²) in [6, 6.07) is 7.38. The van der Waals surface area contributed by atoms with E-state index in [9.17, 15) is 4.79 Å². The first-order valence-corrected chi connectivity index (χ1v) is 6.92. The Morgan fingerprint density at radius 1 is 1.31 bits per heavy atom. The first-order chi connectivity index (χ1) is 7.77. The summed E-state index contributed by atoms with van der Waals surface area (Å²) >= 11 is 1.82. The second-order valence-corrected chi connectivity index (χ2v) is 4.48. The molecule has 0 saturated heterocycles. The van der Waals surface area contributed by atoms with Crippen LogP contribution in [-0.2, 0) is 0 Å². The first-order valence-electron chi connectivity index (χ1n) is 5.53. The molecular formula is C13H18O2S. The van der Waals surface area contributed by atoms with E-state index in [1.165, 1.54) is 0 Å². The number of carbonyl (C=O) groups is 1. The van der Waals surface area contributed by atoms with Crippen molar-refractivity contribution in [3.8, 4) is 5.75 Å². The molecule has 0 spiro atoms. The van der Waals surface area contributed by atoms with Crippen molar-refractivity contribution < 1.29 is 9.53 Å². The van der Waals surface area contributed by atoms with Gasteiger partial charge in [-0.1, -0.05) is 6.92 Å². The molecule has 0 atom stereocenters. The van der Waals surface area contributed by atoms with Crippen LogP contribution in [0.15, 0.2) is 24.3 Å². The standard InChI is InChI=1S/C13H18O2S/c1-3-13(14)11-5-7-12(8-6-11)15-9-4-10-16-2/h5-8H,3-4,9-10H2,1-2H3.